The van der Waals surface area contributed by atoms with Gasteiger partial charge in [0.1, 0.15) is 0 Å². The summed E-state index contributed by atoms with van der Waals surface area (Å²) in [5.41, 5.74) is 9.42. The van der Waals surface area contributed by atoms with Crippen LogP contribution in [0, 0.1) is 0 Å². The first-order valence-corrected chi connectivity index (χ1v) is 8.46. The van der Waals surface area contributed by atoms with Crippen molar-refractivity contribution in [3.05, 3.63) is 84.1 Å². The summed E-state index contributed by atoms with van der Waals surface area (Å²) >= 11 is 0. The Morgan fingerprint density at radius 1 is 0.708 bits per heavy atom. The normalized spacial score (nSPS) is 14.6. The van der Waals surface area contributed by atoms with Crippen molar-refractivity contribution < 1.29 is 0 Å². The van der Waals surface area contributed by atoms with Crippen LogP contribution in [0.15, 0.2) is 72.9 Å². The quantitative estimate of drug-likeness (QED) is 0.434. The number of nitrogens with one attached hydrogen (secondary N) is 1. The van der Waals surface area contributed by atoms with Gasteiger partial charge >= 0.3 is 0 Å². The van der Waals surface area contributed by atoms with E-state index in [9.17, 15) is 0 Å². The molecule has 116 valence electrons. The van der Waals surface area contributed by atoms with E-state index in [1.54, 1.807) is 0 Å². The van der Waals surface area contributed by atoms with Gasteiger partial charge < -0.3 is 4.98 Å². The van der Waals surface area contributed by atoms with E-state index in [1.807, 2.05) is 6.20 Å². The number of fused-ring (bicyclic) bond motifs is 4. The molecule has 0 saturated heterocycles. The van der Waals surface area contributed by atoms with Gasteiger partial charge in [-0.3, -0.25) is 0 Å². The summed E-state index contributed by atoms with van der Waals surface area (Å²) in [6.07, 6.45) is 2.00. The molecule has 1 aliphatic carbocycles. The number of hydrogen-bond donors (Lipinski definition) is 1. The molecule has 1 heteroatoms. The van der Waals surface area contributed by atoms with Gasteiger partial charge in [0.15, 0.2) is 0 Å². The van der Waals surface area contributed by atoms with Gasteiger partial charge in [-0.2, -0.15) is 0 Å². The summed E-state index contributed by atoms with van der Waals surface area (Å²) in [7, 11) is 0. The lowest BCUT2D eigenvalue weighted by atomic mass is 9.81. The van der Waals surface area contributed by atoms with Crippen molar-refractivity contribution in [2.75, 3.05) is 0 Å². The van der Waals surface area contributed by atoms with Crippen LogP contribution >= 0.6 is 0 Å². The van der Waals surface area contributed by atoms with Crippen LogP contribution in [-0.2, 0) is 5.41 Å². The van der Waals surface area contributed by atoms with E-state index in [-0.39, 0.29) is 5.41 Å². The lowest BCUT2D eigenvalue weighted by Gasteiger charge is -2.22. The van der Waals surface area contributed by atoms with Crippen LogP contribution in [-0.4, -0.2) is 4.98 Å². The fourth-order valence-corrected chi connectivity index (χ4v) is 4.12. The lowest BCUT2D eigenvalue weighted by Crippen LogP contribution is -2.14. The highest BCUT2D eigenvalue weighted by Gasteiger charge is 2.35. The van der Waals surface area contributed by atoms with Crippen LogP contribution < -0.4 is 0 Å². The van der Waals surface area contributed by atoms with Gasteiger partial charge in [0.25, 0.3) is 0 Å². The second-order valence-electron chi connectivity index (χ2n) is 7.21. The average molecular weight is 309 g/mol. The fraction of sp³-hybridized carbons (Fsp3) is 0.130. The molecular formula is C23H19N. The predicted octanol–water partition coefficient (Wildman–Crippen LogP) is 6.14. The highest BCUT2D eigenvalue weighted by Crippen LogP contribution is 2.49. The molecule has 0 bridgehead atoms. The highest BCUT2D eigenvalue weighted by molar-refractivity contribution is 5.87. The van der Waals surface area contributed by atoms with E-state index in [2.05, 4.69) is 85.6 Å². The van der Waals surface area contributed by atoms with Gasteiger partial charge in [0, 0.05) is 17.1 Å². The maximum Gasteiger partial charge on any atom is 0.0454 e. The Hall–Kier alpha value is -2.80. The molecule has 24 heavy (non-hydrogen) atoms. The Balaban J connectivity index is 1.71. The zero-order valence-electron chi connectivity index (χ0n) is 13.9. The molecule has 1 aromatic heterocycles. The first kappa shape index (κ1) is 13.6. The van der Waals surface area contributed by atoms with E-state index in [4.69, 9.17) is 0 Å². The standard InChI is InChI=1S/C23H19N/c1-23(2)20-6-4-3-5-18(20)19-9-7-16(14-21(19)23)15-8-10-22-17(13-15)11-12-24-22/h3-14,24H,1-2H3. The van der Waals surface area contributed by atoms with Gasteiger partial charge in [-0.15, -0.1) is 0 Å². The second-order valence-corrected chi connectivity index (χ2v) is 7.21. The van der Waals surface area contributed by atoms with Crippen molar-refractivity contribution in [3.63, 3.8) is 0 Å². The van der Waals surface area contributed by atoms with Gasteiger partial charge in [-0.05, 0) is 63.0 Å². The third kappa shape index (κ3) is 1.75. The second kappa shape index (κ2) is 4.61. The number of aromatic amines is 1. The fourth-order valence-electron chi connectivity index (χ4n) is 4.12. The molecule has 4 aromatic rings. The molecule has 0 amide bonds. The maximum atomic E-state index is 3.26. The first-order valence-electron chi connectivity index (χ1n) is 8.46. The molecule has 1 nitrogen and oxygen atoms in total. The molecule has 0 saturated carbocycles. The lowest BCUT2D eigenvalue weighted by molar-refractivity contribution is 0.660. The Kier molecular flexibility index (Phi) is 2.62. The minimum atomic E-state index is 0.0557. The molecule has 0 fully saturated rings. The Labute approximate surface area is 142 Å². The van der Waals surface area contributed by atoms with E-state index in [0.29, 0.717) is 0 Å². The van der Waals surface area contributed by atoms with Crippen molar-refractivity contribution in [2.45, 2.75) is 19.3 Å². The molecule has 0 spiro atoms. The summed E-state index contributed by atoms with van der Waals surface area (Å²) in [6.45, 7) is 4.66. The minimum absolute atomic E-state index is 0.0557. The topological polar surface area (TPSA) is 15.8 Å². The summed E-state index contributed by atoms with van der Waals surface area (Å²) in [5, 5.41) is 1.26. The molecule has 0 unspecified atom stereocenters. The minimum Gasteiger partial charge on any atom is -0.361 e. The molecular weight excluding hydrogens is 290 g/mol. The Bertz CT molecular complexity index is 1080. The van der Waals surface area contributed by atoms with Gasteiger partial charge in [-0.1, -0.05) is 56.3 Å². The third-order valence-electron chi connectivity index (χ3n) is 5.47. The third-order valence-corrected chi connectivity index (χ3v) is 5.47. The summed E-state index contributed by atoms with van der Waals surface area (Å²) < 4.78 is 0. The van der Waals surface area contributed by atoms with Crippen LogP contribution in [0.3, 0.4) is 0 Å². The van der Waals surface area contributed by atoms with Crippen molar-refractivity contribution >= 4 is 10.9 Å². The summed E-state index contributed by atoms with van der Waals surface area (Å²) in [4.78, 5) is 3.26. The van der Waals surface area contributed by atoms with E-state index in [1.165, 1.54) is 44.3 Å². The molecule has 0 aliphatic heterocycles. The zero-order chi connectivity index (χ0) is 16.3. The average Bonchev–Trinajstić information content (AvgIpc) is 3.16. The molecule has 0 atom stereocenters. The van der Waals surface area contributed by atoms with Gasteiger partial charge in [0.05, 0.1) is 0 Å². The number of rotatable bonds is 1. The molecule has 1 N–H and O–H groups in total. The molecule has 5 rings (SSSR count). The monoisotopic (exact) mass is 309 g/mol. The smallest absolute Gasteiger partial charge is 0.0454 e. The zero-order valence-corrected chi connectivity index (χ0v) is 13.9. The molecule has 1 aliphatic rings. The van der Waals surface area contributed by atoms with Crippen molar-refractivity contribution in [2.24, 2.45) is 0 Å². The predicted molar refractivity (Wildman–Crippen MR) is 101 cm³/mol. The van der Waals surface area contributed by atoms with Crippen LogP contribution in [0.1, 0.15) is 25.0 Å². The van der Waals surface area contributed by atoms with Gasteiger partial charge in [-0.25, -0.2) is 0 Å². The molecule has 0 radical (unpaired) electrons. The summed E-state index contributed by atoms with van der Waals surface area (Å²) in [5.74, 6) is 0. The Morgan fingerprint density at radius 2 is 1.46 bits per heavy atom. The number of benzene rings is 3. The van der Waals surface area contributed by atoms with E-state index in [0.717, 1.165) is 0 Å². The number of H-pyrrole nitrogens is 1. The maximum absolute atomic E-state index is 3.26. The van der Waals surface area contributed by atoms with Gasteiger partial charge in [0.2, 0.25) is 0 Å². The largest absolute Gasteiger partial charge is 0.361 e. The summed E-state index contributed by atoms with van der Waals surface area (Å²) in [6, 6.07) is 24.5. The van der Waals surface area contributed by atoms with Crippen molar-refractivity contribution in [3.8, 4) is 22.3 Å². The van der Waals surface area contributed by atoms with Crippen LogP contribution in [0.4, 0.5) is 0 Å². The highest BCUT2D eigenvalue weighted by atomic mass is 14.7. The number of hydrogen-bond acceptors (Lipinski definition) is 0. The van der Waals surface area contributed by atoms with Crippen LogP contribution in [0.5, 0.6) is 0 Å². The van der Waals surface area contributed by atoms with Crippen molar-refractivity contribution in [1.29, 1.82) is 0 Å². The van der Waals surface area contributed by atoms with Crippen molar-refractivity contribution in [1.82, 2.24) is 4.98 Å². The number of aromatic nitrogens is 1. The SMILES string of the molecule is CC1(C)c2ccccc2-c2ccc(-c3ccc4[nH]ccc4c3)cc21. The van der Waals surface area contributed by atoms with Crippen LogP contribution in [0.25, 0.3) is 33.2 Å². The molecule has 1 heterocycles. The van der Waals surface area contributed by atoms with E-state index < -0.39 is 0 Å². The Morgan fingerprint density at radius 3 is 2.38 bits per heavy atom. The van der Waals surface area contributed by atoms with E-state index >= 15 is 0 Å². The first-order chi connectivity index (χ1) is 11.6. The molecule has 3 aromatic carbocycles. The van der Waals surface area contributed by atoms with Crippen LogP contribution in [0.2, 0.25) is 0 Å².